The van der Waals surface area contributed by atoms with E-state index in [0.29, 0.717) is 17.4 Å². The van der Waals surface area contributed by atoms with Crippen LogP contribution in [0.15, 0.2) is 24.3 Å². The molecule has 9 nitrogen and oxygen atoms in total. The Morgan fingerprint density at radius 1 is 0.596 bits per heavy atom. The molecule has 0 aliphatic heterocycles. The molecule has 0 aliphatic rings. The van der Waals surface area contributed by atoms with Gasteiger partial charge in [-0.2, -0.15) is 0 Å². The molecule has 0 heterocycles. The Kier molecular flexibility index (Phi) is 34.2. The molecule has 306 valence electrons. The summed E-state index contributed by atoms with van der Waals surface area (Å²) in [4.78, 5) is 37.4. The molecular formula is C42H80NO8P. The monoisotopic (exact) mass is 758 g/mol. The first-order valence-corrected chi connectivity index (χ1v) is 22.5. The van der Waals surface area contributed by atoms with Crippen LogP contribution in [0.25, 0.3) is 0 Å². The number of rotatable bonds is 38. The summed E-state index contributed by atoms with van der Waals surface area (Å²) < 4.78 is 33.8. The van der Waals surface area contributed by atoms with Crippen molar-refractivity contribution in [2.75, 3.05) is 47.5 Å². The maximum atomic E-state index is 12.6. The Bertz CT molecular complexity index is 949. The molecule has 0 spiro atoms. The second-order valence-electron chi connectivity index (χ2n) is 15.4. The van der Waals surface area contributed by atoms with Crippen LogP contribution in [0.2, 0.25) is 0 Å². The molecule has 0 fully saturated rings. The highest BCUT2D eigenvalue weighted by atomic mass is 31.2. The van der Waals surface area contributed by atoms with Crippen LogP contribution in [-0.4, -0.2) is 70.0 Å². The van der Waals surface area contributed by atoms with Crippen molar-refractivity contribution in [2.24, 2.45) is 0 Å². The van der Waals surface area contributed by atoms with E-state index in [4.69, 9.17) is 18.5 Å². The van der Waals surface area contributed by atoms with Crippen LogP contribution in [0.3, 0.4) is 0 Å². The minimum Gasteiger partial charge on any atom is -0.756 e. The third-order valence-corrected chi connectivity index (χ3v) is 9.94. The lowest BCUT2D eigenvalue weighted by molar-refractivity contribution is -0.870. The van der Waals surface area contributed by atoms with Crippen molar-refractivity contribution < 1.29 is 42.1 Å². The van der Waals surface area contributed by atoms with Crippen LogP contribution >= 0.6 is 7.82 Å². The SMILES string of the molecule is CCCCC/C=C/C/C=C/CCCCCCCCCC(=O)OC[C@@H](COP(=O)([O-])OCC[N+](C)(C)C)OC(=O)CCCCCCCCCCCCC. The number of carbonyl (C=O) groups excluding carboxylic acids is 2. The highest BCUT2D eigenvalue weighted by Crippen LogP contribution is 2.38. The fourth-order valence-corrected chi connectivity index (χ4v) is 6.35. The van der Waals surface area contributed by atoms with Gasteiger partial charge in [0.1, 0.15) is 19.8 Å². The lowest BCUT2D eigenvalue weighted by Gasteiger charge is -2.28. The molecule has 0 aromatic heterocycles. The van der Waals surface area contributed by atoms with Crippen LogP contribution in [0.5, 0.6) is 0 Å². The predicted molar refractivity (Wildman–Crippen MR) is 213 cm³/mol. The molecular weight excluding hydrogens is 677 g/mol. The molecule has 0 amide bonds. The Hall–Kier alpha value is -1.51. The lowest BCUT2D eigenvalue weighted by atomic mass is 10.1. The summed E-state index contributed by atoms with van der Waals surface area (Å²) in [6, 6.07) is 0. The summed E-state index contributed by atoms with van der Waals surface area (Å²) in [6.45, 7) is 4.18. The summed E-state index contributed by atoms with van der Waals surface area (Å²) in [7, 11) is 1.16. The molecule has 0 aliphatic carbocycles. The van der Waals surface area contributed by atoms with Gasteiger partial charge in [0, 0.05) is 12.8 Å². The Balaban J connectivity index is 4.35. The number of carbonyl (C=O) groups is 2. The number of likely N-dealkylation sites (N-methyl/N-ethyl adjacent to an activating group) is 1. The fraction of sp³-hybridized carbons (Fsp3) is 0.857. The summed E-state index contributed by atoms with van der Waals surface area (Å²) in [6.07, 6.45) is 36.3. The van der Waals surface area contributed by atoms with Crippen molar-refractivity contribution in [2.45, 2.75) is 187 Å². The predicted octanol–water partition coefficient (Wildman–Crippen LogP) is 10.9. The lowest BCUT2D eigenvalue weighted by Crippen LogP contribution is -2.37. The Morgan fingerprint density at radius 2 is 1.04 bits per heavy atom. The number of allylic oxidation sites excluding steroid dienone is 4. The molecule has 0 saturated carbocycles. The maximum Gasteiger partial charge on any atom is 0.306 e. The summed E-state index contributed by atoms with van der Waals surface area (Å²) in [5.74, 6) is -0.841. The van der Waals surface area contributed by atoms with E-state index in [0.717, 1.165) is 57.8 Å². The summed E-state index contributed by atoms with van der Waals surface area (Å²) in [5, 5.41) is 0. The Morgan fingerprint density at radius 3 is 1.56 bits per heavy atom. The largest absolute Gasteiger partial charge is 0.756 e. The second-order valence-corrected chi connectivity index (χ2v) is 16.8. The molecule has 2 atom stereocenters. The quantitative estimate of drug-likeness (QED) is 0.0201. The third kappa shape index (κ3) is 38.2. The molecule has 0 radical (unpaired) electrons. The van der Waals surface area contributed by atoms with E-state index in [1.165, 1.54) is 89.9 Å². The zero-order valence-electron chi connectivity index (χ0n) is 34.3. The van der Waals surface area contributed by atoms with Crippen LogP contribution in [0, 0.1) is 0 Å². The van der Waals surface area contributed by atoms with Gasteiger partial charge < -0.3 is 27.9 Å². The van der Waals surface area contributed by atoms with Gasteiger partial charge >= 0.3 is 11.9 Å². The van der Waals surface area contributed by atoms with Crippen LogP contribution in [-0.2, 0) is 32.7 Å². The highest BCUT2D eigenvalue weighted by molar-refractivity contribution is 7.45. The average Bonchev–Trinajstić information content (AvgIpc) is 3.09. The second kappa shape index (κ2) is 35.2. The zero-order valence-corrected chi connectivity index (χ0v) is 35.2. The fourth-order valence-electron chi connectivity index (χ4n) is 5.63. The molecule has 0 aromatic carbocycles. The molecule has 0 saturated heterocycles. The number of unbranched alkanes of at least 4 members (excludes halogenated alkanes) is 20. The van der Waals surface area contributed by atoms with Crippen LogP contribution < -0.4 is 4.89 Å². The topological polar surface area (TPSA) is 111 Å². The van der Waals surface area contributed by atoms with Crippen molar-refractivity contribution in [1.82, 2.24) is 0 Å². The van der Waals surface area contributed by atoms with Gasteiger partial charge in [0.15, 0.2) is 6.10 Å². The number of nitrogens with zero attached hydrogens (tertiary/aromatic N) is 1. The number of hydrogen-bond acceptors (Lipinski definition) is 8. The molecule has 0 rings (SSSR count). The third-order valence-electron chi connectivity index (χ3n) is 8.97. The van der Waals surface area contributed by atoms with E-state index in [2.05, 4.69) is 38.2 Å². The van der Waals surface area contributed by atoms with Crippen LogP contribution in [0.4, 0.5) is 0 Å². The molecule has 1 unspecified atom stereocenters. The number of phosphoric acid groups is 1. The first kappa shape index (κ1) is 50.5. The van der Waals surface area contributed by atoms with Crippen molar-refractivity contribution in [3.63, 3.8) is 0 Å². The molecule has 0 bridgehead atoms. The van der Waals surface area contributed by atoms with Gasteiger partial charge in [-0.15, -0.1) is 0 Å². The van der Waals surface area contributed by atoms with E-state index >= 15 is 0 Å². The molecule has 10 heteroatoms. The number of ether oxygens (including phenoxy) is 2. The molecule has 0 N–H and O–H groups in total. The number of hydrogen-bond donors (Lipinski definition) is 0. The number of quaternary nitrogens is 1. The van der Waals surface area contributed by atoms with Gasteiger partial charge in [0.25, 0.3) is 7.82 Å². The average molecular weight is 758 g/mol. The highest BCUT2D eigenvalue weighted by Gasteiger charge is 2.21. The van der Waals surface area contributed by atoms with Gasteiger partial charge in [0.05, 0.1) is 27.7 Å². The Labute approximate surface area is 319 Å². The van der Waals surface area contributed by atoms with Gasteiger partial charge in [0.2, 0.25) is 0 Å². The van der Waals surface area contributed by atoms with Crippen molar-refractivity contribution in [3.05, 3.63) is 24.3 Å². The normalized spacial score (nSPS) is 13.9. The number of phosphoric ester groups is 1. The minimum atomic E-state index is -4.62. The van der Waals surface area contributed by atoms with E-state index in [1.54, 1.807) is 0 Å². The van der Waals surface area contributed by atoms with Crippen LogP contribution in [0.1, 0.15) is 181 Å². The van der Waals surface area contributed by atoms with E-state index < -0.39 is 32.5 Å². The van der Waals surface area contributed by atoms with Crippen molar-refractivity contribution in [1.29, 1.82) is 0 Å². The van der Waals surface area contributed by atoms with Gasteiger partial charge in [-0.1, -0.05) is 147 Å². The number of esters is 2. The molecule has 52 heavy (non-hydrogen) atoms. The first-order valence-electron chi connectivity index (χ1n) is 21.0. The van der Waals surface area contributed by atoms with Gasteiger partial charge in [-0.3, -0.25) is 14.2 Å². The van der Waals surface area contributed by atoms with E-state index in [1.807, 2.05) is 21.1 Å². The minimum absolute atomic E-state index is 0.0305. The van der Waals surface area contributed by atoms with E-state index in [9.17, 15) is 19.0 Å². The standard InChI is InChI=1S/C42H80NO8P/c1-6-8-10-12-14-16-18-19-20-21-22-23-25-26-28-30-32-34-41(44)48-38-40(39-50-52(46,47)49-37-36-43(3,4)5)51-42(45)35-33-31-29-27-24-17-15-13-11-9-7-2/h14,16,19-20,40H,6-13,15,17-18,21-39H2,1-5H3/b16-14+,20-19+/t40-/m0/s1. The first-order chi connectivity index (χ1) is 25.0. The smallest absolute Gasteiger partial charge is 0.306 e. The van der Waals surface area contributed by atoms with Crippen molar-refractivity contribution >= 4 is 19.8 Å². The summed E-state index contributed by atoms with van der Waals surface area (Å²) >= 11 is 0. The zero-order chi connectivity index (χ0) is 38.6. The van der Waals surface area contributed by atoms with Crippen molar-refractivity contribution in [3.8, 4) is 0 Å². The van der Waals surface area contributed by atoms with E-state index in [-0.39, 0.29) is 26.1 Å². The maximum absolute atomic E-state index is 12.6. The van der Waals surface area contributed by atoms with Gasteiger partial charge in [-0.05, 0) is 44.9 Å². The molecule has 0 aromatic rings. The van der Waals surface area contributed by atoms with Gasteiger partial charge in [-0.25, -0.2) is 0 Å². The summed E-state index contributed by atoms with van der Waals surface area (Å²) in [5.41, 5.74) is 0.